The molecule has 3 heteroatoms. The van der Waals surface area contributed by atoms with Crippen molar-refractivity contribution in [3.05, 3.63) is 0 Å². The Morgan fingerprint density at radius 1 is 1.00 bits per heavy atom. The first kappa shape index (κ1) is 45.7. The zero-order valence-corrected chi connectivity index (χ0v) is 6.90. The summed E-state index contributed by atoms with van der Waals surface area (Å²) in [6.07, 6.45) is 0. The summed E-state index contributed by atoms with van der Waals surface area (Å²) in [7, 11) is 0. The molecule has 0 aromatic rings. The Labute approximate surface area is 60.9 Å². The van der Waals surface area contributed by atoms with E-state index >= 15 is 0 Å². The summed E-state index contributed by atoms with van der Waals surface area (Å²) >= 11 is 0. The SMILES string of the molecule is C.[Si].[Ti].[W]. The second kappa shape index (κ2) is 23.1. The first-order chi connectivity index (χ1) is 0. The van der Waals surface area contributed by atoms with Crippen molar-refractivity contribution in [2.24, 2.45) is 0 Å². The van der Waals surface area contributed by atoms with Gasteiger partial charge in [0.15, 0.2) is 0 Å². The van der Waals surface area contributed by atoms with E-state index in [1.807, 2.05) is 0 Å². The van der Waals surface area contributed by atoms with Gasteiger partial charge in [0, 0.05) is 53.7 Å². The van der Waals surface area contributed by atoms with Gasteiger partial charge < -0.3 is 0 Å². The molecule has 0 unspecified atom stereocenters. The molecule has 0 N–H and O–H groups in total. The van der Waals surface area contributed by atoms with E-state index in [0.29, 0.717) is 0 Å². The van der Waals surface area contributed by atoms with E-state index in [1.54, 1.807) is 0 Å². The number of rotatable bonds is 0. The molecule has 0 spiro atoms. The van der Waals surface area contributed by atoms with Crippen molar-refractivity contribution >= 4 is 11.0 Å². The van der Waals surface area contributed by atoms with E-state index in [0.717, 1.165) is 0 Å². The molecule has 0 saturated heterocycles. The zero-order chi connectivity index (χ0) is 0. The van der Waals surface area contributed by atoms with Crippen molar-refractivity contribution in [3.63, 3.8) is 0 Å². The summed E-state index contributed by atoms with van der Waals surface area (Å²) in [5.74, 6) is 0. The van der Waals surface area contributed by atoms with E-state index in [1.165, 1.54) is 0 Å². The molecular formula is CH4SiTiW. The van der Waals surface area contributed by atoms with Gasteiger partial charge in [-0.3, -0.25) is 0 Å². The van der Waals surface area contributed by atoms with E-state index < -0.39 is 0 Å². The fourth-order valence-electron chi connectivity index (χ4n) is 0. The molecular weight excluding hydrogens is 272 g/mol. The summed E-state index contributed by atoms with van der Waals surface area (Å²) in [6.45, 7) is 0. The molecule has 0 aliphatic carbocycles. The first-order valence-corrected chi connectivity index (χ1v) is 0. The third-order valence-electron chi connectivity index (χ3n) is 0. The Morgan fingerprint density at radius 3 is 1.00 bits per heavy atom. The molecule has 0 amide bonds. The quantitative estimate of drug-likeness (QED) is 0.556. The Kier molecular flexibility index (Phi) is 264. The van der Waals surface area contributed by atoms with Crippen LogP contribution in [0.2, 0.25) is 0 Å². The Hall–Kier alpha value is 1.62. The number of hydrogen-bond donors (Lipinski definition) is 0. The number of hydrogen-bond acceptors (Lipinski definition) is 0. The van der Waals surface area contributed by atoms with Crippen LogP contribution in [0.25, 0.3) is 0 Å². The topological polar surface area (TPSA) is 0 Å². The van der Waals surface area contributed by atoms with Crippen molar-refractivity contribution in [1.29, 1.82) is 0 Å². The van der Waals surface area contributed by atoms with Gasteiger partial charge >= 0.3 is 0 Å². The van der Waals surface area contributed by atoms with Gasteiger partial charge in [-0.25, -0.2) is 0 Å². The summed E-state index contributed by atoms with van der Waals surface area (Å²) < 4.78 is 0. The summed E-state index contributed by atoms with van der Waals surface area (Å²) in [5.41, 5.74) is 0. The minimum Gasteiger partial charge on any atom is -0.0776 e. The standard InChI is InChI=1S/CH4.Si.Ti.W/h1H4;;;. The predicted molar refractivity (Wildman–Crippen MR) is 12.5 cm³/mol. The fraction of sp³-hybridized carbons (Fsp3) is 1.00. The molecule has 0 nitrogen and oxygen atoms in total. The second-order valence-electron chi connectivity index (χ2n) is 0. The minimum atomic E-state index is 0. The summed E-state index contributed by atoms with van der Waals surface area (Å²) in [5, 5.41) is 0. The molecule has 0 atom stereocenters. The van der Waals surface area contributed by atoms with Crippen molar-refractivity contribution in [2.45, 2.75) is 7.43 Å². The first-order valence-electron chi connectivity index (χ1n) is 0. The Morgan fingerprint density at radius 2 is 1.00 bits per heavy atom. The van der Waals surface area contributed by atoms with Gasteiger partial charge in [0.05, 0.1) is 0 Å². The van der Waals surface area contributed by atoms with Crippen LogP contribution in [0.4, 0.5) is 0 Å². The van der Waals surface area contributed by atoms with Crippen LogP contribution in [0.15, 0.2) is 0 Å². The monoisotopic (exact) mass is 276 g/mol. The van der Waals surface area contributed by atoms with Crippen LogP contribution in [0, 0.1) is 0 Å². The van der Waals surface area contributed by atoms with Crippen molar-refractivity contribution in [2.75, 3.05) is 0 Å². The molecule has 4 heavy (non-hydrogen) atoms. The van der Waals surface area contributed by atoms with Crippen LogP contribution in [0.3, 0.4) is 0 Å². The van der Waals surface area contributed by atoms with Crippen LogP contribution >= 0.6 is 0 Å². The molecule has 0 fully saturated rings. The van der Waals surface area contributed by atoms with Crippen molar-refractivity contribution in [1.82, 2.24) is 0 Å². The van der Waals surface area contributed by atoms with Crippen LogP contribution < -0.4 is 0 Å². The molecule has 4 radical (unpaired) electrons. The predicted octanol–water partition coefficient (Wildman–Crippen LogP) is 0.250. The molecule has 0 heterocycles. The van der Waals surface area contributed by atoms with E-state index in [9.17, 15) is 0 Å². The Bertz CT molecular complexity index is 8.00. The van der Waals surface area contributed by atoms with Gasteiger partial charge in [-0.15, -0.1) is 0 Å². The third kappa shape index (κ3) is 9.47. The smallest absolute Gasteiger partial charge is 0 e. The maximum Gasteiger partial charge on any atom is 0 e. The van der Waals surface area contributed by atoms with E-state index in [-0.39, 0.29) is 61.2 Å². The molecule has 0 bridgehead atoms. The zero-order valence-electron chi connectivity index (χ0n) is 1.41. The normalized spacial score (nSPS) is 0. The van der Waals surface area contributed by atoms with E-state index in [2.05, 4.69) is 0 Å². The van der Waals surface area contributed by atoms with Gasteiger partial charge in [-0.1, -0.05) is 7.43 Å². The third-order valence-corrected chi connectivity index (χ3v) is 0. The largest absolute Gasteiger partial charge is 0.0776 e. The summed E-state index contributed by atoms with van der Waals surface area (Å²) in [4.78, 5) is 0. The molecule has 0 aromatic heterocycles. The van der Waals surface area contributed by atoms with Crippen LogP contribution in [-0.4, -0.2) is 11.0 Å². The summed E-state index contributed by atoms with van der Waals surface area (Å²) in [6, 6.07) is 0. The maximum absolute atomic E-state index is 0. The fourth-order valence-corrected chi connectivity index (χ4v) is 0. The average molecular weight is 276 g/mol. The van der Waals surface area contributed by atoms with Gasteiger partial charge in [0.1, 0.15) is 0 Å². The molecule has 0 rings (SSSR count). The van der Waals surface area contributed by atoms with Gasteiger partial charge in [-0.2, -0.15) is 0 Å². The molecule has 0 aliphatic heterocycles. The van der Waals surface area contributed by atoms with E-state index in [4.69, 9.17) is 0 Å². The molecule has 0 aromatic carbocycles. The van der Waals surface area contributed by atoms with Crippen LogP contribution in [0.5, 0.6) is 0 Å². The Balaban J connectivity index is 0. The van der Waals surface area contributed by atoms with Crippen LogP contribution in [-0.2, 0) is 42.8 Å². The van der Waals surface area contributed by atoms with Crippen molar-refractivity contribution in [3.8, 4) is 0 Å². The molecule has 0 aliphatic rings. The maximum atomic E-state index is 0. The minimum absolute atomic E-state index is 0. The van der Waals surface area contributed by atoms with Crippen LogP contribution in [0.1, 0.15) is 7.43 Å². The van der Waals surface area contributed by atoms with Gasteiger partial charge in [0.2, 0.25) is 0 Å². The van der Waals surface area contributed by atoms with Gasteiger partial charge in [-0.05, 0) is 0 Å². The van der Waals surface area contributed by atoms with Gasteiger partial charge in [0.25, 0.3) is 0 Å². The van der Waals surface area contributed by atoms with Crippen molar-refractivity contribution < 1.29 is 42.8 Å². The molecule has 22 valence electrons. The average Bonchev–Trinajstić information content (AvgIpc) is 0. The molecule has 0 saturated carbocycles. The second-order valence-corrected chi connectivity index (χ2v) is 0.